The van der Waals surface area contributed by atoms with Crippen LogP contribution in [-0.4, -0.2) is 28.3 Å². The molecule has 6 nitrogen and oxygen atoms in total. The average Bonchev–Trinajstić information content (AvgIpc) is 2.90. The SMILES string of the molecule is Cc1ccccc1NC(=O)C1C(=O)CC(C)(O)C(C(=O)Nc2ccccc2C)C1c1cccc2ccccc12. The number of anilines is 2. The molecule has 0 bridgehead atoms. The van der Waals surface area contributed by atoms with Crippen molar-refractivity contribution in [3.63, 3.8) is 0 Å². The Labute approximate surface area is 228 Å². The van der Waals surface area contributed by atoms with Gasteiger partial charge in [-0.15, -0.1) is 0 Å². The third kappa shape index (κ3) is 5.08. The third-order valence-corrected chi connectivity index (χ3v) is 7.82. The maximum absolute atomic E-state index is 14.0. The first kappa shape index (κ1) is 26.3. The fourth-order valence-corrected chi connectivity index (χ4v) is 5.85. The van der Waals surface area contributed by atoms with Crippen LogP contribution in [0.4, 0.5) is 11.4 Å². The molecule has 4 aromatic rings. The molecule has 4 atom stereocenters. The molecule has 1 saturated carbocycles. The number of Topliss-reactive ketones (excluding diaryl/α,β-unsaturated/α-hetero) is 1. The van der Waals surface area contributed by atoms with Crippen molar-refractivity contribution < 1.29 is 19.5 Å². The second-order valence-electron chi connectivity index (χ2n) is 10.7. The molecule has 198 valence electrons. The number of hydrogen-bond acceptors (Lipinski definition) is 4. The first-order chi connectivity index (χ1) is 18.7. The normalized spacial score (nSPS) is 22.9. The van der Waals surface area contributed by atoms with Crippen molar-refractivity contribution in [1.29, 1.82) is 0 Å². The fourth-order valence-electron chi connectivity index (χ4n) is 5.85. The highest BCUT2D eigenvalue weighted by Gasteiger charge is 2.56. The van der Waals surface area contributed by atoms with Crippen molar-refractivity contribution in [2.24, 2.45) is 11.8 Å². The van der Waals surface area contributed by atoms with Crippen molar-refractivity contribution in [3.8, 4) is 0 Å². The van der Waals surface area contributed by atoms with Gasteiger partial charge in [0.05, 0.1) is 11.5 Å². The first-order valence-electron chi connectivity index (χ1n) is 13.1. The summed E-state index contributed by atoms with van der Waals surface area (Å²) >= 11 is 0. The van der Waals surface area contributed by atoms with Gasteiger partial charge in [0.1, 0.15) is 11.7 Å². The van der Waals surface area contributed by atoms with Gasteiger partial charge in [-0.3, -0.25) is 14.4 Å². The second-order valence-corrected chi connectivity index (χ2v) is 10.7. The minimum Gasteiger partial charge on any atom is -0.389 e. The number of carbonyl (C=O) groups is 3. The lowest BCUT2D eigenvalue weighted by molar-refractivity contribution is -0.150. The van der Waals surface area contributed by atoms with Crippen molar-refractivity contribution in [3.05, 3.63) is 108 Å². The fraction of sp³-hybridized carbons (Fsp3) is 0.242. The van der Waals surface area contributed by atoms with Crippen LogP contribution >= 0.6 is 0 Å². The molecule has 6 heteroatoms. The van der Waals surface area contributed by atoms with Crippen molar-refractivity contribution in [2.45, 2.75) is 38.7 Å². The summed E-state index contributed by atoms with van der Waals surface area (Å²) < 4.78 is 0. The Morgan fingerprint density at radius 3 is 1.95 bits per heavy atom. The summed E-state index contributed by atoms with van der Waals surface area (Å²) in [6, 6.07) is 28.1. The van der Waals surface area contributed by atoms with Crippen LogP contribution in [0.15, 0.2) is 91.0 Å². The van der Waals surface area contributed by atoms with Crippen LogP contribution < -0.4 is 10.6 Å². The second kappa shape index (κ2) is 10.5. The minimum atomic E-state index is -1.68. The van der Waals surface area contributed by atoms with E-state index in [-0.39, 0.29) is 6.42 Å². The summed E-state index contributed by atoms with van der Waals surface area (Å²) in [6.07, 6.45) is -0.314. The summed E-state index contributed by atoms with van der Waals surface area (Å²) in [5, 5.41) is 19.3. The highest BCUT2D eigenvalue weighted by atomic mass is 16.3. The van der Waals surface area contributed by atoms with Gasteiger partial charge in [0, 0.05) is 23.7 Å². The summed E-state index contributed by atoms with van der Waals surface area (Å²) in [5.74, 6) is -4.48. The molecule has 0 spiro atoms. The van der Waals surface area contributed by atoms with E-state index in [0.717, 1.165) is 21.9 Å². The molecule has 4 unspecified atom stereocenters. The van der Waals surface area contributed by atoms with Crippen LogP contribution in [0.25, 0.3) is 10.8 Å². The van der Waals surface area contributed by atoms with Gasteiger partial charge in [-0.05, 0) is 60.4 Å². The van der Waals surface area contributed by atoms with Gasteiger partial charge in [-0.1, -0.05) is 78.9 Å². The quantitative estimate of drug-likeness (QED) is 0.291. The van der Waals surface area contributed by atoms with Crippen LogP contribution in [-0.2, 0) is 14.4 Å². The Hall–Kier alpha value is -4.29. The zero-order valence-corrected chi connectivity index (χ0v) is 22.3. The van der Waals surface area contributed by atoms with E-state index in [9.17, 15) is 19.5 Å². The van der Waals surface area contributed by atoms with Crippen LogP contribution in [0, 0.1) is 25.7 Å². The highest BCUT2D eigenvalue weighted by molar-refractivity contribution is 6.11. The number of aryl methyl sites for hydroxylation is 2. The average molecular weight is 521 g/mol. The van der Waals surface area contributed by atoms with Gasteiger partial charge in [0.2, 0.25) is 11.8 Å². The lowest BCUT2D eigenvalue weighted by Gasteiger charge is -2.45. The lowest BCUT2D eigenvalue weighted by Crippen LogP contribution is -2.56. The Bertz CT molecular complexity index is 1570. The molecule has 4 aromatic carbocycles. The lowest BCUT2D eigenvalue weighted by atomic mass is 9.60. The van der Waals surface area contributed by atoms with E-state index in [0.29, 0.717) is 16.9 Å². The number of nitrogens with one attached hydrogen (secondary N) is 2. The van der Waals surface area contributed by atoms with Gasteiger partial charge in [0.15, 0.2) is 0 Å². The minimum absolute atomic E-state index is 0.314. The van der Waals surface area contributed by atoms with Gasteiger partial charge < -0.3 is 15.7 Å². The summed E-state index contributed by atoms with van der Waals surface area (Å²) in [7, 11) is 0. The van der Waals surface area contributed by atoms with E-state index >= 15 is 0 Å². The van der Waals surface area contributed by atoms with E-state index in [2.05, 4.69) is 10.6 Å². The Kier molecular flexibility index (Phi) is 7.06. The van der Waals surface area contributed by atoms with Crippen molar-refractivity contribution >= 4 is 39.7 Å². The molecular formula is C33H32N2O4. The molecule has 0 saturated heterocycles. The first-order valence-corrected chi connectivity index (χ1v) is 13.1. The predicted molar refractivity (Wildman–Crippen MR) is 154 cm³/mol. The maximum Gasteiger partial charge on any atom is 0.235 e. The summed E-state index contributed by atoms with van der Waals surface area (Å²) in [4.78, 5) is 41.6. The number of aliphatic hydroxyl groups is 1. The molecule has 3 N–H and O–H groups in total. The number of fused-ring (bicyclic) bond motifs is 1. The molecule has 1 aliphatic rings. The molecule has 0 aliphatic heterocycles. The van der Waals surface area contributed by atoms with Crippen molar-refractivity contribution in [2.75, 3.05) is 10.6 Å². The van der Waals surface area contributed by atoms with Gasteiger partial charge in [-0.25, -0.2) is 0 Å². The molecule has 0 radical (unpaired) electrons. The number of benzene rings is 4. The third-order valence-electron chi connectivity index (χ3n) is 7.82. The number of carbonyl (C=O) groups excluding carboxylic acids is 3. The number of amides is 2. The van der Waals surface area contributed by atoms with Crippen LogP contribution in [0.3, 0.4) is 0 Å². The molecule has 1 aliphatic carbocycles. The van der Waals surface area contributed by atoms with Gasteiger partial charge in [-0.2, -0.15) is 0 Å². The van der Waals surface area contributed by atoms with Gasteiger partial charge >= 0.3 is 0 Å². The smallest absolute Gasteiger partial charge is 0.235 e. The van der Waals surface area contributed by atoms with E-state index in [4.69, 9.17) is 0 Å². The number of hydrogen-bond donors (Lipinski definition) is 3. The number of ketones is 1. The molecule has 39 heavy (non-hydrogen) atoms. The van der Waals surface area contributed by atoms with Crippen molar-refractivity contribution in [1.82, 2.24) is 0 Å². The standard InChI is InChI=1S/C33H32N2O4/c1-20-11-4-8-17-25(20)34-31(37)29-27(36)19-33(3,39)30(32(38)35-26-18-9-5-12-21(26)2)28(29)24-16-10-14-22-13-6-7-15-23(22)24/h4-18,28-30,39H,19H2,1-3H3,(H,34,37)(H,35,38). The van der Waals surface area contributed by atoms with E-state index < -0.39 is 41.0 Å². The zero-order valence-electron chi connectivity index (χ0n) is 22.3. The number of para-hydroxylation sites is 2. The monoisotopic (exact) mass is 520 g/mol. The van der Waals surface area contributed by atoms with Crippen LogP contribution in [0.1, 0.15) is 36.0 Å². The van der Waals surface area contributed by atoms with E-state index in [1.165, 1.54) is 6.92 Å². The van der Waals surface area contributed by atoms with E-state index in [1.54, 1.807) is 12.1 Å². The molecule has 0 aromatic heterocycles. The summed E-state index contributed by atoms with van der Waals surface area (Å²) in [5.41, 5.74) is 1.95. The molecule has 1 fully saturated rings. The summed E-state index contributed by atoms with van der Waals surface area (Å²) in [6.45, 7) is 5.28. The maximum atomic E-state index is 14.0. The predicted octanol–water partition coefficient (Wildman–Crippen LogP) is 5.77. The Balaban J connectivity index is 1.66. The molecule has 0 heterocycles. The largest absolute Gasteiger partial charge is 0.389 e. The van der Waals surface area contributed by atoms with Crippen LogP contribution in [0.2, 0.25) is 0 Å². The zero-order chi connectivity index (χ0) is 27.7. The molecule has 5 rings (SSSR count). The van der Waals surface area contributed by atoms with E-state index in [1.807, 2.05) is 92.7 Å². The highest BCUT2D eigenvalue weighted by Crippen LogP contribution is 2.48. The topological polar surface area (TPSA) is 95.5 Å². The molecular weight excluding hydrogens is 488 g/mol. The Morgan fingerprint density at radius 1 is 0.769 bits per heavy atom. The molecule has 2 amide bonds. The van der Waals surface area contributed by atoms with Gasteiger partial charge in [0.25, 0.3) is 0 Å². The Morgan fingerprint density at radius 2 is 1.31 bits per heavy atom. The van der Waals surface area contributed by atoms with Crippen LogP contribution in [0.5, 0.6) is 0 Å². The number of rotatable bonds is 5.